The number of likely N-dealkylation sites (tertiary alicyclic amines) is 1. The van der Waals surface area contributed by atoms with E-state index < -0.39 is 9.84 Å². The van der Waals surface area contributed by atoms with E-state index in [1.54, 1.807) is 0 Å². The molecule has 2 aliphatic heterocycles. The summed E-state index contributed by atoms with van der Waals surface area (Å²) in [4.78, 5) is 15.3. The number of rotatable bonds is 2. The van der Waals surface area contributed by atoms with Gasteiger partial charge in [0.2, 0.25) is 5.91 Å². The van der Waals surface area contributed by atoms with Crippen LogP contribution in [0.2, 0.25) is 0 Å². The van der Waals surface area contributed by atoms with E-state index in [9.17, 15) is 13.2 Å². The molecule has 2 atom stereocenters. The van der Waals surface area contributed by atoms with Gasteiger partial charge in [0.1, 0.15) is 9.84 Å². The number of carbonyl (C=O) groups excluding carboxylic acids is 1. The van der Waals surface area contributed by atoms with E-state index in [1.807, 2.05) is 0 Å². The molecule has 0 radical (unpaired) electrons. The lowest BCUT2D eigenvalue weighted by Crippen LogP contribution is -2.39. The summed E-state index contributed by atoms with van der Waals surface area (Å²) in [6.45, 7) is 1.74. The number of carbonyl (C=O) groups is 1. The van der Waals surface area contributed by atoms with Crippen LogP contribution >= 0.6 is 0 Å². The number of hydrogen-bond acceptors (Lipinski definition) is 3. The van der Waals surface area contributed by atoms with Crippen LogP contribution in [0.15, 0.2) is 30.3 Å². The summed E-state index contributed by atoms with van der Waals surface area (Å²) in [6.07, 6.45) is 6.01. The van der Waals surface area contributed by atoms with E-state index in [1.165, 1.54) is 24.8 Å². The monoisotopic (exact) mass is 373 g/mol. The Morgan fingerprint density at radius 1 is 1.00 bits per heavy atom. The molecular formula is C21H27NO3S. The molecule has 2 saturated carbocycles. The number of sulfone groups is 1. The van der Waals surface area contributed by atoms with Crippen molar-refractivity contribution in [2.24, 2.45) is 16.7 Å². The molecule has 4 aliphatic rings. The zero-order chi connectivity index (χ0) is 18.0. The average molecular weight is 374 g/mol. The molecule has 1 aromatic carbocycles. The molecule has 4 nitrogen and oxygen atoms in total. The van der Waals surface area contributed by atoms with Gasteiger partial charge in [-0.2, -0.15) is 0 Å². The minimum atomic E-state index is -2.87. The first-order chi connectivity index (χ1) is 12.4. The zero-order valence-electron chi connectivity index (χ0n) is 15.2. The van der Waals surface area contributed by atoms with Gasteiger partial charge in [0.05, 0.1) is 11.5 Å². The highest BCUT2D eigenvalue weighted by molar-refractivity contribution is 7.91. The van der Waals surface area contributed by atoms with Crippen LogP contribution in [-0.4, -0.2) is 43.8 Å². The molecule has 5 rings (SSSR count). The fraction of sp³-hybridized carbons (Fsp3) is 0.667. The topological polar surface area (TPSA) is 54.5 Å². The molecule has 2 aliphatic carbocycles. The summed E-state index contributed by atoms with van der Waals surface area (Å²) in [5.74, 6) is 1.38. The Kier molecular flexibility index (Phi) is 3.60. The summed E-state index contributed by atoms with van der Waals surface area (Å²) in [7, 11) is -2.87. The second-order valence-corrected chi connectivity index (χ2v) is 11.5. The molecule has 140 valence electrons. The summed E-state index contributed by atoms with van der Waals surface area (Å²) in [5, 5.41) is 0. The summed E-state index contributed by atoms with van der Waals surface area (Å²) in [6, 6.07) is 10.7. The van der Waals surface area contributed by atoms with E-state index in [2.05, 4.69) is 35.2 Å². The van der Waals surface area contributed by atoms with Crippen LogP contribution in [0.1, 0.15) is 50.0 Å². The number of amides is 1. The van der Waals surface area contributed by atoms with Crippen molar-refractivity contribution >= 4 is 15.7 Å². The lowest BCUT2D eigenvalue weighted by atomic mass is 9.61. The third-order valence-electron chi connectivity index (χ3n) is 7.82. The molecule has 0 bridgehead atoms. The highest BCUT2D eigenvalue weighted by Crippen LogP contribution is 2.62. The fourth-order valence-corrected chi connectivity index (χ4v) is 7.47. The van der Waals surface area contributed by atoms with Crippen LogP contribution in [0.3, 0.4) is 0 Å². The standard InChI is InChI=1S/C21H27NO3S/c23-19(17-13-20(17)9-11-26(24,25)12-10-20)22-14-18(16-5-2-1-3-6-16)21(15-22)7-4-8-21/h1-3,5-6,17-18H,4,7-15H2. The van der Waals surface area contributed by atoms with Crippen LogP contribution < -0.4 is 0 Å². The van der Waals surface area contributed by atoms with Gasteiger partial charge in [-0.15, -0.1) is 0 Å². The molecule has 0 aromatic heterocycles. The lowest BCUT2D eigenvalue weighted by Gasteiger charge is -2.43. The Bertz CT molecular complexity index is 814. The van der Waals surface area contributed by atoms with Gasteiger partial charge in [-0.1, -0.05) is 36.8 Å². The van der Waals surface area contributed by atoms with E-state index in [0.29, 0.717) is 24.7 Å². The fourth-order valence-electron chi connectivity index (χ4n) is 5.83. The van der Waals surface area contributed by atoms with E-state index in [-0.39, 0.29) is 28.3 Å². The quantitative estimate of drug-likeness (QED) is 0.801. The normalized spacial score (nSPS) is 33.2. The van der Waals surface area contributed by atoms with E-state index in [4.69, 9.17) is 0 Å². The maximum atomic E-state index is 13.2. The SMILES string of the molecule is O=C(C1CC12CCS(=O)(=O)CC2)N1CC(c2ccccc2)C2(CCC2)C1. The first-order valence-electron chi connectivity index (χ1n) is 9.97. The molecule has 1 amide bonds. The van der Waals surface area contributed by atoms with Crippen LogP contribution in [0, 0.1) is 16.7 Å². The van der Waals surface area contributed by atoms with Crippen molar-refractivity contribution in [3.63, 3.8) is 0 Å². The lowest BCUT2D eigenvalue weighted by molar-refractivity contribution is -0.133. The minimum Gasteiger partial charge on any atom is -0.341 e. The minimum absolute atomic E-state index is 0.0000136. The summed E-state index contributed by atoms with van der Waals surface area (Å²) >= 11 is 0. The predicted molar refractivity (Wildman–Crippen MR) is 100 cm³/mol. The average Bonchev–Trinajstić information content (AvgIpc) is 3.15. The van der Waals surface area contributed by atoms with Crippen LogP contribution in [0.4, 0.5) is 0 Å². The molecule has 2 spiro atoms. The summed E-state index contributed by atoms with van der Waals surface area (Å²) in [5.41, 5.74) is 1.66. The first-order valence-corrected chi connectivity index (χ1v) is 11.8. The van der Waals surface area contributed by atoms with Gasteiger partial charge >= 0.3 is 0 Å². The van der Waals surface area contributed by atoms with Crippen molar-refractivity contribution in [1.29, 1.82) is 0 Å². The molecule has 5 heteroatoms. The largest absolute Gasteiger partial charge is 0.341 e. The maximum Gasteiger partial charge on any atom is 0.226 e. The van der Waals surface area contributed by atoms with Crippen molar-refractivity contribution in [2.75, 3.05) is 24.6 Å². The Hall–Kier alpha value is -1.36. The molecule has 4 fully saturated rings. The van der Waals surface area contributed by atoms with Gasteiger partial charge < -0.3 is 4.90 Å². The van der Waals surface area contributed by atoms with E-state index >= 15 is 0 Å². The number of nitrogens with zero attached hydrogens (tertiary/aromatic N) is 1. The molecular weight excluding hydrogens is 346 g/mol. The Morgan fingerprint density at radius 2 is 1.69 bits per heavy atom. The van der Waals surface area contributed by atoms with Gasteiger partial charge in [-0.05, 0) is 48.5 Å². The summed E-state index contributed by atoms with van der Waals surface area (Å²) < 4.78 is 23.5. The second-order valence-electron chi connectivity index (χ2n) is 9.17. The van der Waals surface area contributed by atoms with Gasteiger partial charge in [0, 0.05) is 24.9 Å². The highest BCUT2D eigenvalue weighted by atomic mass is 32.2. The van der Waals surface area contributed by atoms with Crippen LogP contribution in [0.5, 0.6) is 0 Å². The van der Waals surface area contributed by atoms with Crippen molar-refractivity contribution in [1.82, 2.24) is 4.90 Å². The van der Waals surface area contributed by atoms with Gasteiger partial charge in [-0.3, -0.25) is 4.79 Å². The molecule has 2 heterocycles. The van der Waals surface area contributed by atoms with Crippen molar-refractivity contribution < 1.29 is 13.2 Å². The first kappa shape index (κ1) is 16.8. The van der Waals surface area contributed by atoms with Crippen molar-refractivity contribution in [2.45, 2.75) is 44.4 Å². The van der Waals surface area contributed by atoms with Gasteiger partial charge in [-0.25, -0.2) is 8.42 Å². The number of benzene rings is 1. The van der Waals surface area contributed by atoms with Gasteiger partial charge in [0.25, 0.3) is 0 Å². The van der Waals surface area contributed by atoms with Gasteiger partial charge in [0.15, 0.2) is 0 Å². The third kappa shape index (κ3) is 2.54. The predicted octanol–water partition coefficient (Wildman–Crippen LogP) is 3.00. The highest BCUT2D eigenvalue weighted by Gasteiger charge is 2.62. The second kappa shape index (κ2) is 5.57. The van der Waals surface area contributed by atoms with E-state index in [0.717, 1.165) is 19.5 Å². The van der Waals surface area contributed by atoms with Crippen LogP contribution in [0.25, 0.3) is 0 Å². The molecule has 26 heavy (non-hydrogen) atoms. The molecule has 2 unspecified atom stereocenters. The zero-order valence-corrected chi connectivity index (χ0v) is 16.0. The molecule has 0 N–H and O–H groups in total. The Morgan fingerprint density at radius 3 is 2.31 bits per heavy atom. The maximum absolute atomic E-state index is 13.2. The Balaban J connectivity index is 1.32. The molecule has 1 aromatic rings. The van der Waals surface area contributed by atoms with Crippen molar-refractivity contribution in [3.05, 3.63) is 35.9 Å². The van der Waals surface area contributed by atoms with Crippen molar-refractivity contribution in [3.8, 4) is 0 Å². The smallest absolute Gasteiger partial charge is 0.226 e. The molecule has 2 saturated heterocycles. The Labute approximate surface area is 155 Å². The third-order valence-corrected chi connectivity index (χ3v) is 9.47. The number of hydrogen-bond donors (Lipinski definition) is 0. The van der Waals surface area contributed by atoms with Crippen LogP contribution in [-0.2, 0) is 14.6 Å².